The number of benzene rings is 2. The van der Waals surface area contributed by atoms with Crippen molar-refractivity contribution >= 4 is 40.2 Å². The maximum atomic E-state index is 14.1. The molecule has 0 radical (unpaired) electrons. The first-order valence-corrected chi connectivity index (χ1v) is 15.2. The van der Waals surface area contributed by atoms with E-state index in [2.05, 4.69) is 4.99 Å². The molecule has 10 nitrogen and oxygen atoms in total. The fourth-order valence-corrected chi connectivity index (χ4v) is 7.10. The third kappa shape index (κ3) is 4.73. The first-order chi connectivity index (χ1) is 20.9. The Morgan fingerprint density at radius 1 is 1.12 bits per heavy atom. The zero-order valence-corrected chi connectivity index (χ0v) is 24.7. The van der Waals surface area contributed by atoms with Crippen LogP contribution in [0, 0.1) is 0 Å². The molecule has 5 heterocycles. The minimum atomic E-state index is -0.758. The maximum absolute atomic E-state index is 14.1. The van der Waals surface area contributed by atoms with Crippen molar-refractivity contribution in [2.24, 2.45) is 4.99 Å². The van der Waals surface area contributed by atoms with E-state index in [1.165, 1.54) is 11.3 Å². The van der Waals surface area contributed by atoms with Crippen molar-refractivity contribution in [2.45, 2.75) is 39.3 Å². The number of para-hydroxylation sites is 1. The Morgan fingerprint density at radius 3 is 2.72 bits per heavy atom. The van der Waals surface area contributed by atoms with E-state index in [1.54, 1.807) is 30.5 Å². The Morgan fingerprint density at radius 2 is 1.91 bits per heavy atom. The van der Waals surface area contributed by atoms with Crippen LogP contribution in [0.25, 0.3) is 17.0 Å². The number of hydrogen-bond acceptors (Lipinski definition) is 8. The molecule has 1 atom stereocenters. The van der Waals surface area contributed by atoms with Gasteiger partial charge in [0.1, 0.15) is 6.54 Å². The molecule has 1 saturated heterocycles. The molecule has 3 aliphatic rings. The summed E-state index contributed by atoms with van der Waals surface area (Å²) in [7, 11) is 0. The van der Waals surface area contributed by atoms with Gasteiger partial charge in [-0.05, 0) is 56.5 Å². The zero-order valence-electron chi connectivity index (χ0n) is 23.9. The maximum Gasteiger partial charge on any atom is 0.338 e. The van der Waals surface area contributed by atoms with Gasteiger partial charge in [0, 0.05) is 35.8 Å². The smallest absolute Gasteiger partial charge is 0.338 e. The summed E-state index contributed by atoms with van der Waals surface area (Å²) < 4.78 is 20.5. The van der Waals surface area contributed by atoms with Gasteiger partial charge < -0.3 is 23.7 Å². The van der Waals surface area contributed by atoms with Crippen LogP contribution in [0.15, 0.2) is 69.7 Å². The Labute approximate surface area is 250 Å². The lowest BCUT2D eigenvalue weighted by Gasteiger charge is -2.24. The number of fused-ring (bicyclic) bond motifs is 3. The highest BCUT2D eigenvalue weighted by molar-refractivity contribution is 7.07. The number of likely N-dealkylation sites (tertiary alicyclic amines) is 1. The summed E-state index contributed by atoms with van der Waals surface area (Å²) in [4.78, 5) is 47.4. The summed E-state index contributed by atoms with van der Waals surface area (Å²) in [5.74, 6) is 0.726. The molecule has 7 rings (SSSR count). The molecule has 0 bridgehead atoms. The molecule has 2 aromatic carbocycles. The van der Waals surface area contributed by atoms with Crippen LogP contribution in [0.3, 0.4) is 0 Å². The number of carbonyl (C=O) groups is 2. The van der Waals surface area contributed by atoms with Crippen LogP contribution in [0.1, 0.15) is 43.9 Å². The molecule has 3 aliphatic heterocycles. The molecular weight excluding hydrogens is 568 g/mol. The molecule has 2 aromatic heterocycles. The number of thiazole rings is 1. The Kier molecular flexibility index (Phi) is 6.89. The summed E-state index contributed by atoms with van der Waals surface area (Å²) in [6.07, 6.45) is 5.86. The number of allylic oxidation sites excluding steroid dienone is 1. The standard InChI is InChI=1S/C32H30N4O6S/c1-3-40-31(39)28-19(2)33-32-36(29(28)20-10-11-24-25(14-20)42-18-41-24)30(38)26(43-32)15-21-16-35(23-9-5-4-8-22(21)23)17-27(37)34-12-6-7-13-34/h4-5,8-11,14-16,29H,3,6-7,12-13,17-18H2,1-2H3/b26-15+/t29-/m1/s1. The van der Waals surface area contributed by atoms with Crippen LogP contribution in [-0.4, -0.2) is 52.4 Å². The molecule has 0 spiro atoms. The topological polar surface area (TPSA) is 104 Å². The lowest BCUT2D eigenvalue weighted by Crippen LogP contribution is -2.39. The highest BCUT2D eigenvalue weighted by atomic mass is 32.1. The minimum Gasteiger partial charge on any atom is -0.463 e. The Bertz CT molecular complexity index is 2000. The predicted octanol–water partition coefficient (Wildman–Crippen LogP) is 3.10. The SMILES string of the molecule is CCOC(=O)C1=C(C)N=c2s/c(=C/c3cn(CC(=O)N4CCCC4)c4ccccc34)c(=O)n2[C@@H]1c1ccc2c(c1)OCO2. The third-order valence-electron chi connectivity index (χ3n) is 8.10. The number of nitrogens with zero attached hydrogens (tertiary/aromatic N) is 4. The largest absolute Gasteiger partial charge is 0.463 e. The van der Waals surface area contributed by atoms with Crippen LogP contribution >= 0.6 is 11.3 Å². The van der Waals surface area contributed by atoms with Crippen molar-refractivity contribution in [3.05, 3.63) is 90.7 Å². The summed E-state index contributed by atoms with van der Waals surface area (Å²) in [6, 6.07) is 12.5. The van der Waals surface area contributed by atoms with Gasteiger partial charge in [0.05, 0.1) is 28.5 Å². The van der Waals surface area contributed by atoms with Crippen molar-refractivity contribution in [3.63, 3.8) is 0 Å². The molecule has 0 unspecified atom stereocenters. The van der Waals surface area contributed by atoms with Crippen LogP contribution in [0.2, 0.25) is 0 Å². The number of esters is 1. The zero-order chi connectivity index (χ0) is 29.7. The minimum absolute atomic E-state index is 0.0925. The summed E-state index contributed by atoms with van der Waals surface area (Å²) in [5.41, 5.74) is 2.96. The molecular formula is C32H30N4O6S. The van der Waals surface area contributed by atoms with Crippen molar-refractivity contribution < 1.29 is 23.8 Å². The average molecular weight is 599 g/mol. The molecule has 43 heavy (non-hydrogen) atoms. The normalized spacial score (nSPS) is 17.9. The van der Waals surface area contributed by atoms with Crippen LogP contribution in [0.4, 0.5) is 0 Å². The van der Waals surface area contributed by atoms with E-state index in [4.69, 9.17) is 14.2 Å². The van der Waals surface area contributed by atoms with Gasteiger partial charge in [-0.1, -0.05) is 35.6 Å². The van der Waals surface area contributed by atoms with Gasteiger partial charge in [-0.3, -0.25) is 14.2 Å². The van der Waals surface area contributed by atoms with Crippen molar-refractivity contribution in [1.82, 2.24) is 14.0 Å². The highest BCUT2D eigenvalue weighted by Crippen LogP contribution is 2.38. The Balaban J connectivity index is 1.35. The van der Waals surface area contributed by atoms with E-state index in [-0.39, 0.29) is 31.4 Å². The van der Waals surface area contributed by atoms with E-state index in [0.29, 0.717) is 37.7 Å². The van der Waals surface area contributed by atoms with Gasteiger partial charge in [0.25, 0.3) is 5.56 Å². The molecule has 11 heteroatoms. The van der Waals surface area contributed by atoms with E-state index in [9.17, 15) is 14.4 Å². The lowest BCUT2D eigenvalue weighted by atomic mass is 9.95. The molecule has 0 saturated carbocycles. The first kappa shape index (κ1) is 27.2. The number of rotatable bonds is 6. The van der Waals surface area contributed by atoms with Gasteiger partial charge in [-0.15, -0.1) is 0 Å². The second-order valence-corrected chi connectivity index (χ2v) is 11.7. The van der Waals surface area contributed by atoms with E-state index < -0.39 is 12.0 Å². The second kappa shape index (κ2) is 10.9. The van der Waals surface area contributed by atoms with E-state index in [1.807, 2.05) is 52.1 Å². The number of amides is 1. The second-order valence-electron chi connectivity index (χ2n) is 10.7. The van der Waals surface area contributed by atoms with Crippen molar-refractivity contribution in [3.8, 4) is 11.5 Å². The average Bonchev–Trinajstić information content (AvgIpc) is 3.80. The molecule has 4 aromatic rings. The number of aromatic nitrogens is 2. The van der Waals surface area contributed by atoms with Gasteiger partial charge in [0.15, 0.2) is 16.3 Å². The number of ether oxygens (including phenoxy) is 3. The van der Waals surface area contributed by atoms with Crippen molar-refractivity contribution in [2.75, 3.05) is 26.5 Å². The monoisotopic (exact) mass is 598 g/mol. The highest BCUT2D eigenvalue weighted by Gasteiger charge is 2.34. The van der Waals surface area contributed by atoms with Crippen LogP contribution < -0.4 is 24.4 Å². The third-order valence-corrected chi connectivity index (χ3v) is 9.08. The van der Waals surface area contributed by atoms with Crippen molar-refractivity contribution in [1.29, 1.82) is 0 Å². The van der Waals surface area contributed by atoms with E-state index in [0.717, 1.165) is 42.4 Å². The summed E-state index contributed by atoms with van der Waals surface area (Å²) in [6.45, 7) is 5.63. The quantitative estimate of drug-likeness (QED) is 0.316. The molecule has 0 aliphatic carbocycles. The summed E-state index contributed by atoms with van der Waals surface area (Å²) in [5, 5.41) is 0.943. The molecule has 220 valence electrons. The van der Waals surface area contributed by atoms with Gasteiger partial charge >= 0.3 is 5.97 Å². The van der Waals surface area contributed by atoms with Gasteiger partial charge in [-0.25, -0.2) is 9.79 Å². The van der Waals surface area contributed by atoms with Crippen LogP contribution in [0.5, 0.6) is 11.5 Å². The predicted molar refractivity (Wildman–Crippen MR) is 161 cm³/mol. The number of carbonyl (C=O) groups excluding carboxylic acids is 2. The lowest BCUT2D eigenvalue weighted by molar-refractivity contribution is -0.139. The number of hydrogen-bond donors (Lipinski definition) is 0. The fourth-order valence-electron chi connectivity index (χ4n) is 6.06. The van der Waals surface area contributed by atoms with Gasteiger partial charge in [0.2, 0.25) is 12.7 Å². The van der Waals surface area contributed by atoms with E-state index >= 15 is 0 Å². The molecule has 1 amide bonds. The molecule has 1 fully saturated rings. The van der Waals surface area contributed by atoms with Gasteiger partial charge in [-0.2, -0.15) is 0 Å². The fraction of sp³-hybridized carbons (Fsp3) is 0.312. The van der Waals surface area contributed by atoms with Crippen LogP contribution in [-0.2, 0) is 20.9 Å². The first-order valence-electron chi connectivity index (χ1n) is 14.4. The Hall–Kier alpha value is -4.64. The summed E-state index contributed by atoms with van der Waals surface area (Å²) >= 11 is 1.27. The molecule has 0 N–H and O–H groups in total.